The van der Waals surface area contributed by atoms with Gasteiger partial charge >= 0.3 is 0 Å². The van der Waals surface area contributed by atoms with Crippen molar-refractivity contribution in [3.63, 3.8) is 0 Å². The van der Waals surface area contributed by atoms with Crippen molar-refractivity contribution in [2.75, 3.05) is 13.3 Å². The Bertz CT molecular complexity index is 354. The largest absolute Gasteiger partial charge is 0.336 e. The molecule has 6 heteroatoms. The van der Waals surface area contributed by atoms with Gasteiger partial charge in [0.1, 0.15) is 4.75 Å². The minimum Gasteiger partial charge on any atom is -0.336 e. The van der Waals surface area contributed by atoms with Crippen molar-refractivity contribution in [1.82, 2.24) is 4.90 Å². The van der Waals surface area contributed by atoms with E-state index >= 15 is 0 Å². The van der Waals surface area contributed by atoms with Crippen LogP contribution in [-0.4, -0.2) is 40.7 Å². The quantitative estimate of drug-likeness (QED) is 0.674. The van der Waals surface area contributed by atoms with Crippen LogP contribution in [0.5, 0.6) is 0 Å². The second-order valence-electron chi connectivity index (χ2n) is 4.38. The van der Waals surface area contributed by atoms with Gasteiger partial charge in [0.2, 0.25) is 5.91 Å². The number of Topliss-reactive ketones (excluding diaryl/α,β-unsaturated/α-hetero) is 1. The average Bonchev–Trinajstić information content (AvgIpc) is 2.34. The molecule has 0 aromatic heterocycles. The molecule has 0 heterocycles. The van der Waals surface area contributed by atoms with E-state index in [4.69, 9.17) is 5.26 Å². The Hall–Kier alpha value is -0.670. The molecular formula is C12H20N2O2S2. The van der Waals surface area contributed by atoms with Crippen LogP contribution in [0.1, 0.15) is 33.6 Å². The van der Waals surface area contributed by atoms with Gasteiger partial charge in [0.15, 0.2) is 5.78 Å². The molecule has 0 saturated carbocycles. The van der Waals surface area contributed by atoms with Gasteiger partial charge in [-0.05, 0) is 33.4 Å². The summed E-state index contributed by atoms with van der Waals surface area (Å²) in [4.78, 5) is 24.5. The van der Waals surface area contributed by atoms with E-state index in [9.17, 15) is 9.59 Å². The highest BCUT2D eigenvalue weighted by Gasteiger charge is 2.27. The minimum absolute atomic E-state index is 0.0348. The summed E-state index contributed by atoms with van der Waals surface area (Å²) in [5.74, 6) is -0.131. The maximum atomic E-state index is 11.9. The van der Waals surface area contributed by atoms with Crippen LogP contribution in [0.3, 0.4) is 0 Å². The lowest BCUT2D eigenvalue weighted by Gasteiger charge is -2.25. The Kier molecular flexibility index (Phi) is 7.41. The van der Waals surface area contributed by atoms with E-state index in [1.807, 2.05) is 13.2 Å². The van der Waals surface area contributed by atoms with Crippen LogP contribution in [0.2, 0.25) is 0 Å². The van der Waals surface area contributed by atoms with Crippen LogP contribution in [0, 0.1) is 11.3 Å². The highest BCUT2D eigenvalue weighted by atomic mass is 33.1. The lowest BCUT2D eigenvalue weighted by atomic mass is 10.1. The third-order valence-electron chi connectivity index (χ3n) is 2.88. The summed E-state index contributed by atoms with van der Waals surface area (Å²) in [6.07, 6.45) is 2.68. The minimum atomic E-state index is -0.560. The van der Waals surface area contributed by atoms with E-state index in [1.165, 1.54) is 33.4 Å². The van der Waals surface area contributed by atoms with Crippen LogP contribution in [0.15, 0.2) is 0 Å². The number of hydrogen-bond donors (Lipinski definition) is 0. The number of nitrogens with zero attached hydrogens (tertiary/aromatic N) is 2. The van der Waals surface area contributed by atoms with E-state index in [2.05, 4.69) is 6.07 Å². The molecule has 0 N–H and O–H groups in total. The number of carbonyl (C=O) groups is 2. The van der Waals surface area contributed by atoms with Gasteiger partial charge < -0.3 is 4.90 Å². The third-order valence-corrected chi connectivity index (χ3v) is 5.32. The first-order chi connectivity index (χ1) is 8.27. The number of likely N-dealkylation sites (N-methyl/N-ethyl adjacent to an activating group) is 1. The molecule has 102 valence electrons. The molecule has 0 aliphatic rings. The molecule has 4 nitrogen and oxygen atoms in total. The Labute approximate surface area is 117 Å². The molecule has 0 spiro atoms. The lowest BCUT2D eigenvalue weighted by molar-refractivity contribution is -0.136. The number of carbonyl (C=O) groups excluding carboxylic acids is 2. The first-order valence-electron chi connectivity index (χ1n) is 5.66. The van der Waals surface area contributed by atoms with Crippen molar-refractivity contribution in [3.8, 4) is 6.07 Å². The Morgan fingerprint density at radius 1 is 1.50 bits per heavy atom. The van der Waals surface area contributed by atoms with Gasteiger partial charge in [0, 0.05) is 13.5 Å². The summed E-state index contributed by atoms with van der Waals surface area (Å²) in [5, 5.41) is 9.10. The molecular weight excluding hydrogens is 268 g/mol. The van der Waals surface area contributed by atoms with Crippen molar-refractivity contribution in [3.05, 3.63) is 0 Å². The van der Waals surface area contributed by atoms with E-state index in [-0.39, 0.29) is 18.1 Å². The molecule has 0 radical (unpaired) electrons. The van der Waals surface area contributed by atoms with E-state index in [1.54, 1.807) is 14.0 Å². The van der Waals surface area contributed by atoms with Crippen molar-refractivity contribution in [2.24, 2.45) is 0 Å². The second kappa shape index (κ2) is 7.70. The molecule has 0 aliphatic heterocycles. The standard InChI is InChI=1S/C12H20N2O2S2/c1-9(10(2)15)14(4)11(16)6-7-12(3,8-13)18-17-5/h9H,6-7H2,1-5H3/t9-,12?/m0/s1. The molecule has 0 aliphatic carbocycles. The fraction of sp³-hybridized carbons (Fsp3) is 0.750. The van der Waals surface area contributed by atoms with Crippen molar-refractivity contribution in [2.45, 2.75) is 44.4 Å². The molecule has 0 saturated heterocycles. The lowest BCUT2D eigenvalue weighted by Crippen LogP contribution is -2.39. The fourth-order valence-corrected chi connectivity index (χ4v) is 3.37. The summed E-state index contributed by atoms with van der Waals surface area (Å²) >= 11 is 0. The first-order valence-corrected chi connectivity index (χ1v) is 8.22. The maximum absolute atomic E-state index is 11.9. The summed E-state index contributed by atoms with van der Waals surface area (Å²) in [7, 11) is 4.61. The number of amides is 1. The molecule has 0 bridgehead atoms. The zero-order valence-electron chi connectivity index (χ0n) is 11.5. The number of rotatable bonds is 7. The SMILES string of the molecule is CSSC(C)(C#N)CCC(=O)N(C)[C@@H](C)C(C)=O. The molecule has 1 unspecified atom stereocenters. The Morgan fingerprint density at radius 3 is 2.44 bits per heavy atom. The molecule has 0 rings (SSSR count). The molecule has 1 amide bonds. The molecule has 0 fully saturated rings. The predicted molar refractivity (Wildman–Crippen MR) is 77.3 cm³/mol. The summed E-state index contributed by atoms with van der Waals surface area (Å²) in [6, 6.07) is 1.83. The number of hydrogen-bond acceptors (Lipinski definition) is 5. The smallest absolute Gasteiger partial charge is 0.223 e. The van der Waals surface area contributed by atoms with E-state index in [0.29, 0.717) is 6.42 Å². The molecule has 0 aromatic rings. The Morgan fingerprint density at radius 2 is 2.06 bits per heavy atom. The summed E-state index contributed by atoms with van der Waals surface area (Å²) in [6.45, 7) is 5.01. The van der Waals surface area contributed by atoms with Crippen molar-refractivity contribution < 1.29 is 9.59 Å². The van der Waals surface area contributed by atoms with Crippen LogP contribution in [-0.2, 0) is 9.59 Å². The zero-order chi connectivity index (χ0) is 14.3. The average molecular weight is 288 g/mol. The van der Waals surface area contributed by atoms with Crippen molar-refractivity contribution >= 4 is 33.3 Å². The van der Waals surface area contributed by atoms with Gasteiger partial charge in [-0.25, -0.2) is 0 Å². The normalized spacial score (nSPS) is 15.3. The van der Waals surface area contributed by atoms with Gasteiger partial charge in [-0.1, -0.05) is 21.6 Å². The molecule has 18 heavy (non-hydrogen) atoms. The van der Waals surface area contributed by atoms with E-state index in [0.717, 1.165) is 0 Å². The fourth-order valence-electron chi connectivity index (χ4n) is 1.31. The third kappa shape index (κ3) is 5.32. The molecule has 2 atom stereocenters. The maximum Gasteiger partial charge on any atom is 0.223 e. The van der Waals surface area contributed by atoms with Crippen LogP contribution < -0.4 is 0 Å². The zero-order valence-corrected chi connectivity index (χ0v) is 13.2. The van der Waals surface area contributed by atoms with Crippen molar-refractivity contribution in [1.29, 1.82) is 5.26 Å². The monoisotopic (exact) mass is 288 g/mol. The van der Waals surface area contributed by atoms with Gasteiger partial charge in [-0.15, -0.1) is 0 Å². The van der Waals surface area contributed by atoms with Crippen LogP contribution in [0.25, 0.3) is 0 Å². The summed E-state index contributed by atoms with van der Waals surface area (Å²) in [5.41, 5.74) is 0. The highest BCUT2D eigenvalue weighted by molar-refractivity contribution is 8.77. The highest BCUT2D eigenvalue weighted by Crippen LogP contribution is 2.37. The van der Waals surface area contributed by atoms with Gasteiger partial charge in [0.25, 0.3) is 0 Å². The van der Waals surface area contributed by atoms with Crippen LogP contribution in [0.4, 0.5) is 0 Å². The first kappa shape index (κ1) is 17.3. The van der Waals surface area contributed by atoms with Crippen LogP contribution >= 0.6 is 21.6 Å². The predicted octanol–water partition coefficient (Wildman–Crippen LogP) is 2.50. The summed E-state index contributed by atoms with van der Waals surface area (Å²) < 4.78 is -0.560. The van der Waals surface area contributed by atoms with Gasteiger partial charge in [-0.3, -0.25) is 9.59 Å². The molecule has 0 aromatic carbocycles. The number of nitriles is 1. The van der Waals surface area contributed by atoms with E-state index < -0.39 is 10.8 Å². The topological polar surface area (TPSA) is 61.2 Å². The second-order valence-corrected chi connectivity index (χ2v) is 7.28. The van der Waals surface area contributed by atoms with Gasteiger partial charge in [-0.2, -0.15) is 5.26 Å². The Balaban J connectivity index is 4.42. The number of ketones is 1. The van der Waals surface area contributed by atoms with Gasteiger partial charge in [0.05, 0.1) is 12.1 Å².